The maximum absolute atomic E-state index is 12.2. The highest BCUT2D eigenvalue weighted by Crippen LogP contribution is 2.19. The zero-order valence-corrected chi connectivity index (χ0v) is 16.6. The van der Waals surface area contributed by atoms with Crippen molar-refractivity contribution in [1.29, 1.82) is 0 Å². The fourth-order valence-electron chi connectivity index (χ4n) is 2.38. The average Bonchev–Trinajstić information content (AvgIpc) is 3.10. The minimum atomic E-state index is -0.179. The lowest BCUT2D eigenvalue weighted by molar-refractivity contribution is -0.121. The number of nitrogens with zero attached hydrogens (tertiary/aromatic N) is 2. The lowest BCUT2D eigenvalue weighted by atomic mass is 9.96. The molecule has 1 unspecified atom stereocenters. The van der Waals surface area contributed by atoms with E-state index in [1.54, 1.807) is 6.92 Å². The van der Waals surface area contributed by atoms with Crippen LogP contribution < -0.4 is 10.6 Å². The zero-order valence-electron chi connectivity index (χ0n) is 16.6. The Morgan fingerprint density at radius 1 is 1.15 bits per heavy atom. The molecule has 146 valence electrons. The van der Waals surface area contributed by atoms with Crippen LogP contribution in [0.3, 0.4) is 0 Å². The second-order valence-corrected chi connectivity index (χ2v) is 7.57. The van der Waals surface area contributed by atoms with Gasteiger partial charge in [-0.2, -0.15) is 4.98 Å². The van der Waals surface area contributed by atoms with E-state index in [-0.39, 0.29) is 29.7 Å². The molecule has 1 aromatic heterocycles. The highest BCUT2D eigenvalue weighted by atomic mass is 16.5. The first kappa shape index (κ1) is 20.6. The Morgan fingerprint density at radius 3 is 2.37 bits per heavy atom. The van der Waals surface area contributed by atoms with Gasteiger partial charge in [0, 0.05) is 30.4 Å². The van der Waals surface area contributed by atoms with Gasteiger partial charge in [-0.05, 0) is 24.6 Å². The number of rotatable bonds is 7. The molecule has 0 radical (unpaired) electrons. The van der Waals surface area contributed by atoms with Crippen molar-refractivity contribution >= 4 is 17.5 Å². The lowest BCUT2D eigenvalue weighted by Gasteiger charge is -2.15. The van der Waals surface area contributed by atoms with Gasteiger partial charge < -0.3 is 15.2 Å². The van der Waals surface area contributed by atoms with Crippen LogP contribution >= 0.6 is 0 Å². The van der Waals surface area contributed by atoms with Crippen molar-refractivity contribution in [3.8, 4) is 0 Å². The van der Waals surface area contributed by atoms with Gasteiger partial charge >= 0.3 is 0 Å². The minimum Gasteiger partial charge on any atom is -0.350 e. The first-order chi connectivity index (χ1) is 12.7. The van der Waals surface area contributed by atoms with Gasteiger partial charge in [0.25, 0.3) is 0 Å². The maximum Gasteiger partial charge on any atom is 0.227 e. The summed E-state index contributed by atoms with van der Waals surface area (Å²) in [7, 11) is 0. The zero-order chi connectivity index (χ0) is 20.0. The Morgan fingerprint density at radius 2 is 1.81 bits per heavy atom. The number of nitrogens with one attached hydrogen (secondary N) is 2. The van der Waals surface area contributed by atoms with Gasteiger partial charge in [-0.1, -0.05) is 45.0 Å². The smallest absolute Gasteiger partial charge is 0.227 e. The number of benzene rings is 1. The molecule has 0 aliphatic heterocycles. The molecule has 2 aromatic rings. The quantitative estimate of drug-likeness (QED) is 0.775. The van der Waals surface area contributed by atoms with Gasteiger partial charge in [-0.25, -0.2) is 0 Å². The Labute approximate surface area is 159 Å². The van der Waals surface area contributed by atoms with E-state index in [1.807, 2.05) is 52.0 Å². The second-order valence-electron chi connectivity index (χ2n) is 7.57. The third-order valence-electron chi connectivity index (χ3n) is 4.10. The van der Waals surface area contributed by atoms with Crippen LogP contribution in [0.25, 0.3) is 0 Å². The van der Waals surface area contributed by atoms with Crippen LogP contribution in [-0.2, 0) is 21.4 Å². The fraction of sp³-hybridized carbons (Fsp3) is 0.500. The molecule has 0 bridgehead atoms. The molecule has 27 heavy (non-hydrogen) atoms. The molecule has 0 saturated heterocycles. The van der Waals surface area contributed by atoms with Crippen molar-refractivity contribution in [1.82, 2.24) is 15.5 Å². The molecule has 1 heterocycles. The number of carbonyl (C=O) groups excluding carboxylic acids is 2. The van der Waals surface area contributed by atoms with Crippen LogP contribution in [0.2, 0.25) is 0 Å². The number of carbonyl (C=O) groups is 2. The fourth-order valence-corrected chi connectivity index (χ4v) is 2.38. The van der Waals surface area contributed by atoms with E-state index in [2.05, 4.69) is 20.8 Å². The average molecular weight is 372 g/mol. The maximum atomic E-state index is 12.2. The van der Waals surface area contributed by atoms with Crippen molar-refractivity contribution in [2.45, 2.75) is 65.3 Å². The number of anilines is 1. The van der Waals surface area contributed by atoms with E-state index in [9.17, 15) is 9.59 Å². The van der Waals surface area contributed by atoms with Crippen molar-refractivity contribution in [2.75, 3.05) is 5.32 Å². The Hall–Kier alpha value is -2.70. The van der Waals surface area contributed by atoms with Gasteiger partial charge in [0.05, 0.1) is 6.04 Å². The molecule has 2 rings (SSSR count). The van der Waals surface area contributed by atoms with Crippen LogP contribution in [0.4, 0.5) is 5.69 Å². The van der Waals surface area contributed by atoms with Gasteiger partial charge in [0.2, 0.25) is 17.7 Å². The highest BCUT2D eigenvalue weighted by Gasteiger charge is 2.21. The molecule has 0 spiro atoms. The van der Waals surface area contributed by atoms with Gasteiger partial charge in [0.15, 0.2) is 5.82 Å². The number of amides is 2. The molecule has 2 N–H and O–H groups in total. The molecular weight excluding hydrogens is 344 g/mol. The van der Waals surface area contributed by atoms with Crippen molar-refractivity contribution in [3.63, 3.8) is 0 Å². The number of hydrogen-bond donors (Lipinski definition) is 2. The summed E-state index contributed by atoms with van der Waals surface area (Å²) in [5.74, 6) is 1.00. The summed E-state index contributed by atoms with van der Waals surface area (Å²) in [5.41, 5.74) is 1.53. The van der Waals surface area contributed by atoms with E-state index in [4.69, 9.17) is 4.52 Å². The van der Waals surface area contributed by atoms with E-state index in [0.29, 0.717) is 24.6 Å². The number of hydrogen-bond acceptors (Lipinski definition) is 5. The Bertz CT molecular complexity index is 775. The monoisotopic (exact) mass is 372 g/mol. The summed E-state index contributed by atoms with van der Waals surface area (Å²) in [5, 5.41) is 9.72. The summed E-state index contributed by atoms with van der Waals surface area (Å²) < 4.78 is 5.21. The normalized spacial score (nSPS) is 12.5. The molecule has 0 saturated carbocycles. The van der Waals surface area contributed by atoms with Crippen LogP contribution in [-0.4, -0.2) is 22.0 Å². The number of aromatic nitrogens is 2. The van der Waals surface area contributed by atoms with Crippen LogP contribution in [0.5, 0.6) is 0 Å². The third-order valence-corrected chi connectivity index (χ3v) is 4.10. The molecule has 1 aromatic carbocycles. The van der Waals surface area contributed by atoms with Gasteiger partial charge in [0.1, 0.15) is 0 Å². The van der Waals surface area contributed by atoms with Gasteiger partial charge in [-0.3, -0.25) is 9.59 Å². The predicted octanol–water partition coefficient (Wildman–Crippen LogP) is 3.53. The summed E-state index contributed by atoms with van der Waals surface area (Å²) in [6, 6.07) is 7.31. The molecule has 0 aliphatic carbocycles. The van der Waals surface area contributed by atoms with Crippen molar-refractivity contribution in [3.05, 3.63) is 41.5 Å². The number of aryl methyl sites for hydroxylation is 1. The van der Waals surface area contributed by atoms with E-state index in [0.717, 1.165) is 11.3 Å². The molecule has 0 fully saturated rings. The third kappa shape index (κ3) is 6.20. The van der Waals surface area contributed by atoms with Crippen LogP contribution in [0.15, 0.2) is 28.8 Å². The molecule has 7 heteroatoms. The van der Waals surface area contributed by atoms with Crippen LogP contribution in [0.1, 0.15) is 70.8 Å². The SMILES string of the molecule is CCC(=O)Nc1ccc(C(C)NC(=O)CCc2nc(C(C)(C)C)no2)cc1. The summed E-state index contributed by atoms with van der Waals surface area (Å²) >= 11 is 0. The van der Waals surface area contributed by atoms with E-state index in [1.165, 1.54) is 0 Å². The molecule has 2 amide bonds. The van der Waals surface area contributed by atoms with Crippen molar-refractivity contribution < 1.29 is 14.1 Å². The van der Waals surface area contributed by atoms with Crippen LogP contribution in [0, 0.1) is 0 Å². The Kier molecular flexibility index (Phi) is 6.71. The lowest BCUT2D eigenvalue weighted by Crippen LogP contribution is -2.26. The van der Waals surface area contributed by atoms with E-state index >= 15 is 0 Å². The molecular formula is C20H28N4O3. The summed E-state index contributed by atoms with van der Waals surface area (Å²) in [6.45, 7) is 9.75. The first-order valence-corrected chi connectivity index (χ1v) is 9.21. The first-order valence-electron chi connectivity index (χ1n) is 9.21. The van der Waals surface area contributed by atoms with Gasteiger partial charge in [-0.15, -0.1) is 0 Å². The topological polar surface area (TPSA) is 97.1 Å². The minimum absolute atomic E-state index is 0.0280. The molecule has 0 aliphatic rings. The highest BCUT2D eigenvalue weighted by molar-refractivity contribution is 5.90. The van der Waals surface area contributed by atoms with Crippen molar-refractivity contribution in [2.24, 2.45) is 0 Å². The van der Waals surface area contributed by atoms with E-state index < -0.39 is 0 Å². The standard InChI is InChI=1S/C20H28N4O3/c1-6-16(25)22-15-9-7-14(8-10-15)13(2)21-17(26)11-12-18-23-19(24-27-18)20(3,4)5/h7-10,13H,6,11-12H2,1-5H3,(H,21,26)(H,22,25). The largest absolute Gasteiger partial charge is 0.350 e. The second kappa shape index (κ2) is 8.79. The molecule has 7 nitrogen and oxygen atoms in total. The summed E-state index contributed by atoms with van der Waals surface area (Å²) in [4.78, 5) is 27.9. The summed E-state index contributed by atoms with van der Waals surface area (Å²) in [6.07, 6.45) is 1.12. The molecule has 1 atom stereocenters. The Balaban J connectivity index is 1.84. The predicted molar refractivity (Wildman–Crippen MR) is 103 cm³/mol.